The van der Waals surface area contributed by atoms with Crippen LogP contribution in [0.4, 0.5) is 5.82 Å². The van der Waals surface area contributed by atoms with Gasteiger partial charge in [-0.3, -0.25) is 9.78 Å². The lowest BCUT2D eigenvalue weighted by Crippen LogP contribution is -2.55. The van der Waals surface area contributed by atoms with Crippen molar-refractivity contribution in [3.8, 4) is 0 Å². The summed E-state index contributed by atoms with van der Waals surface area (Å²) in [4.78, 5) is 25.2. The fraction of sp³-hybridized carbons (Fsp3) is 0.667. The van der Waals surface area contributed by atoms with Gasteiger partial charge in [0.1, 0.15) is 5.82 Å². The number of carbonyl (C=O) groups is 1. The van der Waals surface area contributed by atoms with Gasteiger partial charge in [0.25, 0.3) is 0 Å². The number of aromatic nitrogens is 2. The lowest BCUT2D eigenvalue weighted by Gasteiger charge is -2.38. The number of carbonyl (C=O) groups excluding carboxylic acids is 1. The van der Waals surface area contributed by atoms with Crippen molar-refractivity contribution in [2.24, 2.45) is 5.92 Å². The second kappa shape index (κ2) is 7.74. The zero-order chi connectivity index (χ0) is 14.7. The molecule has 1 N–H and O–H groups in total. The molecule has 122 valence electrons. The molecular formula is C15H24ClN5O. The maximum absolute atomic E-state index is 12.6. The summed E-state index contributed by atoms with van der Waals surface area (Å²) >= 11 is 0. The third-order valence-electron chi connectivity index (χ3n) is 4.43. The normalized spacial score (nSPS) is 25.5. The number of nitrogens with zero attached hydrogens (tertiary/aromatic N) is 4. The summed E-state index contributed by atoms with van der Waals surface area (Å²) in [5.41, 5.74) is 0. The van der Waals surface area contributed by atoms with E-state index in [1.54, 1.807) is 18.6 Å². The summed E-state index contributed by atoms with van der Waals surface area (Å²) < 4.78 is 0. The van der Waals surface area contributed by atoms with Gasteiger partial charge < -0.3 is 15.1 Å². The molecule has 0 spiro atoms. The second-order valence-corrected chi connectivity index (χ2v) is 6.01. The maximum Gasteiger partial charge on any atom is 0.239 e. The fourth-order valence-corrected chi connectivity index (χ4v) is 3.13. The summed E-state index contributed by atoms with van der Waals surface area (Å²) in [6.45, 7) is 6.37. The number of nitrogens with one attached hydrogen (secondary N) is 1. The number of hydrogen-bond donors (Lipinski definition) is 1. The van der Waals surface area contributed by atoms with Crippen LogP contribution in [0.25, 0.3) is 0 Å². The largest absolute Gasteiger partial charge is 0.352 e. The fourth-order valence-electron chi connectivity index (χ4n) is 3.13. The van der Waals surface area contributed by atoms with Crippen molar-refractivity contribution >= 4 is 24.1 Å². The van der Waals surface area contributed by atoms with Gasteiger partial charge in [-0.15, -0.1) is 12.4 Å². The Morgan fingerprint density at radius 3 is 2.68 bits per heavy atom. The van der Waals surface area contributed by atoms with E-state index in [2.05, 4.69) is 27.1 Å². The molecule has 7 heteroatoms. The van der Waals surface area contributed by atoms with E-state index < -0.39 is 0 Å². The summed E-state index contributed by atoms with van der Waals surface area (Å²) in [5.74, 6) is 1.80. The van der Waals surface area contributed by atoms with E-state index in [1.165, 1.54) is 6.42 Å². The average molecular weight is 326 g/mol. The molecular weight excluding hydrogens is 302 g/mol. The van der Waals surface area contributed by atoms with Crippen molar-refractivity contribution in [3.63, 3.8) is 0 Å². The summed E-state index contributed by atoms with van der Waals surface area (Å²) in [6, 6.07) is 0.0109. The van der Waals surface area contributed by atoms with Crippen LogP contribution in [0.15, 0.2) is 18.6 Å². The highest BCUT2D eigenvalue weighted by molar-refractivity contribution is 5.85. The Morgan fingerprint density at radius 2 is 2.05 bits per heavy atom. The van der Waals surface area contributed by atoms with E-state index in [4.69, 9.17) is 0 Å². The SMILES string of the molecule is CC1CCNC(C(=O)N2CCN(c3cnccn3)CC2)C1.Cl. The first-order chi connectivity index (χ1) is 10.2. The molecule has 0 aliphatic carbocycles. The zero-order valence-corrected chi connectivity index (χ0v) is 13.8. The zero-order valence-electron chi connectivity index (χ0n) is 12.9. The van der Waals surface area contributed by atoms with Crippen molar-refractivity contribution in [2.45, 2.75) is 25.8 Å². The first-order valence-electron chi connectivity index (χ1n) is 7.77. The Bertz CT molecular complexity index is 478. The van der Waals surface area contributed by atoms with Crippen LogP contribution in [0.3, 0.4) is 0 Å². The molecule has 2 fully saturated rings. The first kappa shape index (κ1) is 17.0. The van der Waals surface area contributed by atoms with Crippen LogP contribution in [0.2, 0.25) is 0 Å². The molecule has 1 aromatic rings. The van der Waals surface area contributed by atoms with Gasteiger partial charge in [-0.05, 0) is 25.3 Å². The van der Waals surface area contributed by atoms with Gasteiger partial charge in [0.2, 0.25) is 5.91 Å². The van der Waals surface area contributed by atoms with Crippen LogP contribution in [0, 0.1) is 5.92 Å². The van der Waals surface area contributed by atoms with E-state index in [0.29, 0.717) is 5.92 Å². The monoisotopic (exact) mass is 325 g/mol. The minimum Gasteiger partial charge on any atom is -0.352 e. The molecule has 0 bridgehead atoms. The third-order valence-corrected chi connectivity index (χ3v) is 4.43. The van der Waals surface area contributed by atoms with Crippen LogP contribution >= 0.6 is 12.4 Å². The molecule has 1 aromatic heterocycles. The van der Waals surface area contributed by atoms with Crippen LogP contribution < -0.4 is 10.2 Å². The number of rotatable bonds is 2. The van der Waals surface area contributed by atoms with Gasteiger partial charge in [-0.25, -0.2) is 4.98 Å². The molecule has 1 amide bonds. The minimum atomic E-state index is 0. The quantitative estimate of drug-likeness (QED) is 0.876. The molecule has 2 atom stereocenters. The lowest BCUT2D eigenvalue weighted by atomic mass is 9.93. The maximum atomic E-state index is 12.6. The number of amides is 1. The molecule has 2 saturated heterocycles. The van der Waals surface area contributed by atoms with Crippen LogP contribution in [0.1, 0.15) is 19.8 Å². The van der Waals surface area contributed by atoms with Crippen LogP contribution in [0.5, 0.6) is 0 Å². The standard InChI is InChI=1S/C15H23N5O.ClH/c1-12-2-3-17-13(10-12)15(21)20-8-6-19(7-9-20)14-11-16-4-5-18-14;/h4-5,11-13,17H,2-3,6-10H2,1H3;1H. The number of piperidine rings is 1. The average Bonchev–Trinajstić information content (AvgIpc) is 2.55. The molecule has 0 aromatic carbocycles. The minimum absolute atomic E-state index is 0. The van der Waals surface area contributed by atoms with Crippen molar-refractivity contribution in [2.75, 3.05) is 37.6 Å². The van der Waals surface area contributed by atoms with Crippen molar-refractivity contribution in [1.29, 1.82) is 0 Å². The molecule has 6 nitrogen and oxygen atoms in total. The second-order valence-electron chi connectivity index (χ2n) is 6.01. The molecule has 3 heterocycles. The highest BCUT2D eigenvalue weighted by Gasteiger charge is 2.30. The van der Waals surface area contributed by atoms with Crippen LogP contribution in [-0.4, -0.2) is 59.5 Å². The van der Waals surface area contributed by atoms with E-state index in [1.807, 2.05) is 4.90 Å². The summed E-state index contributed by atoms with van der Waals surface area (Å²) in [5, 5.41) is 3.36. The van der Waals surface area contributed by atoms with Gasteiger partial charge in [-0.2, -0.15) is 0 Å². The summed E-state index contributed by atoms with van der Waals surface area (Å²) in [7, 11) is 0. The van der Waals surface area contributed by atoms with Gasteiger partial charge >= 0.3 is 0 Å². The van der Waals surface area contributed by atoms with Gasteiger partial charge in [0, 0.05) is 38.6 Å². The molecule has 2 aliphatic rings. The Balaban J connectivity index is 0.00000176. The van der Waals surface area contributed by atoms with Crippen LogP contribution in [-0.2, 0) is 4.79 Å². The molecule has 2 unspecified atom stereocenters. The number of hydrogen-bond acceptors (Lipinski definition) is 5. The number of anilines is 1. The molecule has 22 heavy (non-hydrogen) atoms. The van der Waals surface area contributed by atoms with E-state index in [0.717, 1.165) is 45.0 Å². The Hall–Kier alpha value is -1.40. The predicted molar refractivity (Wildman–Crippen MR) is 88.3 cm³/mol. The van der Waals surface area contributed by atoms with Crippen molar-refractivity contribution < 1.29 is 4.79 Å². The Kier molecular flexibility index (Phi) is 5.97. The smallest absolute Gasteiger partial charge is 0.239 e. The van der Waals surface area contributed by atoms with E-state index in [9.17, 15) is 4.79 Å². The van der Waals surface area contributed by atoms with E-state index in [-0.39, 0.29) is 24.4 Å². The van der Waals surface area contributed by atoms with E-state index >= 15 is 0 Å². The van der Waals surface area contributed by atoms with Gasteiger partial charge in [0.15, 0.2) is 0 Å². The highest BCUT2D eigenvalue weighted by Crippen LogP contribution is 2.18. The third kappa shape index (κ3) is 3.87. The topological polar surface area (TPSA) is 61.4 Å². The lowest BCUT2D eigenvalue weighted by molar-refractivity contribution is -0.134. The van der Waals surface area contributed by atoms with Gasteiger partial charge in [0.05, 0.1) is 12.2 Å². The first-order valence-corrected chi connectivity index (χ1v) is 7.77. The van der Waals surface area contributed by atoms with Gasteiger partial charge in [-0.1, -0.05) is 6.92 Å². The Labute approximate surface area is 137 Å². The highest BCUT2D eigenvalue weighted by atomic mass is 35.5. The molecule has 3 rings (SSSR count). The Morgan fingerprint density at radius 1 is 1.27 bits per heavy atom. The van der Waals surface area contributed by atoms with Crippen molar-refractivity contribution in [3.05, 3.63) is 18.6 Å². The number of halogens is 1. The molecule has 2 aliphatic heterocycles. The number of piperazine rings is 1. The molecule has 0 radical (unpaired) electrons. The van der Waals surface area contributed by atoms with Crippen molar-refractivity contribution in [1.82, 2.24) is 20.2 Å². The molecule has 0 saturated carbocycles. The predicted octanol–water partition coefficient (Wildman–Crippen LogP) is 0.935. The summed E-state index contributed by atoms with van der Waals surface area (Å²) in [6.07, 6.45) is 7.30.